The average molecular weight is 346 g/mol. The van der Waals surface area contributed by atoms with Crippen molar-refractivity contribution in [3.05, 3.63) is 48.0 Å². The summed E-state index contributed by atoms with van der Waals surface area (Å²) in [6.45, 7) is 5.18. The van der Waals surface area contributed by atoms with Crippen molar-refractivity contribution < 1.29 is 17.9 Å². The summed E-state index contributed by atoms with van der Waals surface area (Å²) >= 11 is 0. The Morgan fingerprint density at radius 3 is 2.42 bits per heavy atom. The third kappa shape index (κ3) is 2.94. The van der Waals surface area contributed by atoms with Crippen LogP contribution in [0.4, 0.5) is 11.4 Å². The number of carbonyl (C=O) groups excluding carboxylic acids is 1. The Kier molecular flexibility index (Phi) is 3.76. The molecule has 6 nitrogen and oxygen atoms in total. The van der Waals surface area contributed by atoms with Gasteiger partial charge in [0.2, 0.25) is 0 Å². The Morgan fingerprint density at radius 2 is 1.75 bits per heavy atom. The molecule has 0 radical (unpaired) electrons. The van der Waals surface area contributed by atoms with E-state index in [-0.39, 0.29) is 16.5 Å². The van der Waals surface area contributed by atoms with Crippen molar-refractivity contribution in [2.45, 2.75) is 31.3 Å². The van der Waals surface area contributed by atoms with Crippen LogP contribution in [0, 0.1) is 6.92 Å². The summed E-state index contributed by atoms with van der Waals surface area (Å²) in [6, 6.07) is 11.4. The lowest BCUT2D eigenvalue weighted by Gasteiger charge is -2.32. The van der Waals surface area contributed by atoms with Crippen molar-refractivity contribution in [3.63, 3.8) is 0 Å². The predicted molar refractivity (Wildman–Crippen MR) is 91.8 cm³/mol. The lowest BCUT2D eigenvalue weighted by molar-refractivity contribution is -0.129. The first-order valence-electron chi connectivity index (χ1n) is 7.42. The van der Waals surface area contributed by atoms with Gasteiger partial charge in [0.05, 0.1) is 10.6 Å². The molecular weight excluding hydrogens is 328 g/mol. The summed E-state index contributed by atoms with van der Waals surface area (Å²) in [4.78, 5) is 12.2. The van der Waals surface area contributed by atoms with Crippen LogP contribution in [0.3, 0.4) is 0 Å². The number of carbonyl (C=O) groups is 1. The molecule has 0 atom stereocenters. The minimum atomic E-state index is -3.77. The maximum Gasteiger partial charge on any atom is 0.268 e. The SMILES string of the molecule is Cc1ccc(S(=O)(=O)Nc2cccc3c2NC(=O)C(C)(C)O3)cc1. The highest BCUT2D eigenvalue weighted by molar-refractivity contribution is 7.92. The van der Waals surface area contributed by atoms with Crippen LogP contribution >= 0.6 is 0 Å². The van der Waals surface area contributed by atoms with Crippen molar-refractivity contribution in [1.82, 2.24) is 0 Å². The summed E-state index contributed by atoms with van der Waals surface area (Å²) in [6.07, 6.45) is 0. The first-order chi connectivity index (χ1) is 11.2. The number of ether oxygens (including phenoxy) is 1. The van der Waals surface area contributed by atoms with E-state index in [0.29, 0.717) is 11.4 Å². The normalized spacial score (nSPS) is 15.9. The molecule has 0 bridgehead atoms. The van der Waals surface area contributed by atoms with Gasteiger partial charge in [0, 0.05) is 0 Å². The highest BCUT2D eigenvalue weighted by atomic mass is 32.2. The van der Waals surface area contributed by atoms with Gasteiger partial charge in [-0.2, -0.15) is 0 Å². The molecule has 3 rings (SSSR count). The molecule has 126 valence electrons. The van der Waals surface area contributed by atoms with Gasteiger partial charge in [0.25, 0.3) is 15.9 Å². The van der Waals surface area contributed by atoms with E-state index in [4.69, 9.17) is 4.74 Å². The topological polar surface area (TPSA) is 84.5 Å². The highest BCUT2D eigenvalue weighted by Crippen LogP contribution is 2.39. The number of aryl methyl sites for hydroxylation is 1. The highest BCUT2D eigenvalue weighted by Gasteiger charge is 2.36. The third-order valence-electron chi connectivity index (χ3n) is 3.75. The van der Waals surface area contributed by atoms with Crippen LogP contribution < -0.4 is 14.8 Å². The van der Waals surface area contributed by atoms with Gasteiger partial charge in [0.1, 0.15) is 11.4 Å². The number of fused-ring (bicyclic) bond motifs is 1. The Bertz CT molecular complexity index is 903. The number of hydrogen-bond acceptors (Lipinski definition) is 4. The molecule has 1 amide bonds. The molecule has 0 aromatic heterocycles. The Morgan fingerprint density at radius 1 is 1.08 bits per heavy atom. The van der Waals surface area contributed by atoms with Gasteiger partial charge in [-0.1, -0.05) is 23.8 Å². The summed E-state index contributed by atoms with van der Waals surface area (Å²) in [5.41, 5.74) is 0.532. The second kappa shape index (κ2) is 5.52. The number of para-hydroxylation sites is 1. The van der Waals surface area contributed by atoms with Crippen LogP contribution in [0.5, 0.6) is 5.75 Å². The molecular formula is C17H18N2O4S. The number of amides is 1. The summed E-state index contributed by atoms with van der Waals surface area (Å²) in [5.74, 6) is 0.0840. The van der Waals surface area contributed by atoms with E-state index < -0.39 is 15.6 Å². The maximum atomic E-state index is 12.5. The van der Waals surface area contributed by atoms with Crippen LogP contribution in [0.1, 0.15) is 19.4 Å². The van der Waals surface area contributed by atoms with Gasteiger partial charge in [-0.3, -0.25) is 9.52 Å². The van der Waals surface area contributed by atoms with E-state index in [1.54, 1.807) is 44.2 Å². The van der Waals surface area contributed by atoms with Crippen LogP contribution in [-0.2, 0) is 14.8 Å². The van der Waals surface area contributed by atoms with Crippen LogP contribution in [-0.4, -0.2) is 19.9 Å². The fourth-order valence-electron chi connectivity index (χ4n) is 2.34. The average Bonchev–Trinajstić information content (AvgIpc) is 2.49. The van der Waals surface area contributed by atoms with E-state index in [1.807, 2.05) is 6.92 Å². The van der Waals surface area contributed by atoms with E-state index in [9.17, 15) is 13.2 Å². The molecule has 24 heavy (non-hydrogen) atoms. The Labute approximate surface area is 140 Å². The quantitative estimate of drug-likeness (QED) is 0.895. The molecule has 7 heteroatoms. The molecule has 1 aliphatic rings. The van der Waals surface area contributed by atoms with Crippen LogP contribution in [0.15, 0.2) is 47.4 Å². The zero-order valence-electron chi connectivity index (χ0n) is 13.6. The molecule has 0 saturated carbocycles. The zero-order valence-corrected chi connectivity index (χ0v) is 14.4. The van der Waals surface area contributed by atoms with E-state index in [1.165, 1.54) is 12.1 Å². The van der Waals surface area contributed by atoms with Crippen LogP contribution in [0.25, 0.3) is 0 Å². The first-order valence-corrected chi connectivity index (χ1v) is 8.90. The summed E-state index contributed by atoms with van der Waals surface area (Å²) in [7, 11) is -3.77. The zero-order chi connectivity index (χ0) is 17.5. The number of hydrogen-bond donors (Lipinski definition) is 2. The van der Waals surface area contributed by atoms with Gasteiger partial charge < -0.3 is 10.1 Å². The largest absolute Gasteiger partial charge is 0.476 e. The first kappa shape index (κ1) is 16.3. The molecule has 0 spiro atoms. The van der Waals surface area contributed by atoms with E-state index >= 15 is 0 Å². The maximum absolute atomic E-state index is 12.5. The molecule has 0 fully saturated rings. The monoisotopic (exact) mass is 346 g/mol. The smallest absolute Gasteiger partial charge is 0.268 e. The molecule has 2 aromatic rings. The molecule has 0 unspecified atom stereocenters. The fourth-order valence-corrected chi connectivity index (χ4v) is 3.41. The molecule has 2 N–H and O–H groups in total. The summed E-state index contributed by atoms with van der Waals surface area (Å²) < 4.78 is 33.3. The van der Waals surface area contributed by atoms with Crippen molar-refractivity contribution >= 4 is 27.3 Å². The van der Waals surface area contributed by atoms with Gasteiger partial charge in [0.15, 0.2) is 5.60 Å². The Hall–Kier alpha value is -2.54. The number of nitrogens with one attached hydrogen (secondary N) is 2. The summed E-state index contributed by atoms with van der Waals surface area (Å²) in [5, 5.41) is 2.71. The molecule has 2 aromatic carbocycles. The number of sulfonamides is 1. The predicted octanol–water partition coefficient (Wildman–Crippen LogP) is 2.91. The lowest BCUT2D eigenvalue weighted by Crippen LogP contribution is -2.45. The van der Waals surface area contributed by atoms with E-state index in [2.05, 4.69) is 10.0 Å². The van der Waals surface area contributed by atoms with Crippen LogP contribution in [0.2, 0.25) is 0 Å². The van der Waals surface area contributed by atoms with Gasteiger partial charge >= 0.3 is 0 Å². The van der Waals surface area contributed by atoms with Crippen molar-refractivity contribution in [1.29, 1.82) is 0 Å². The van der Waals surface area contributed by atoms with Gasteiger partial charge in [-0.05, 0) is 45.0 Å². The van der Waals surface area contributed by atoms with Crippen molar-refractivity contribution in [2.24, 2.45) is 0 Å². The fraction of sp³-hybridized carbons (Fsp3) is 0.235. The van der Waals surface area contributed by atoms with Crippen molar-refractivity contribution in [3.8, 4) is 5.75 Å². The Balaban J connectivity index is 1.97. The third-order valence-corrected chi connectivity index (χ3v) is 5.13. The van der Waals surface area contributed by atoms with E-state index in [0.717, 1.165) is 5.56 Å². The lowest BCUT2D eigenvalue weighted by atomic mass is 10.1. The van der Waals surface area contributed by atoms with Gasteiger partial charge in [-0.15, -0.1) is 0 Å². The van der Waals surface area contributed by atoms with Gasteiger partial charge in [-0.25, -0.2) is 8.42 Å². The second-order valence-electron chi connectivity index (χ2n) is 6.16. The number of rotatable bonds is 3. The molecule has 1 heterocycles. The minimum absolute atomic E-state index is 0.147. The number of anilines is 2. The minimum Gasteiger partial charge on any atom is -0.476 e. The second-order valence-corrected chi connectivity index (χ2v) is 7.85. The molecule has 1 aliphatic heterocycles. The standard InChI is InChI=1S/C17H18N2O4S/c1-11-7-9-12(10-8-11)24(21,22)19-13-5-4-6-14-15(13)18-16(20)17(2,3)23-14/h4-10,19H,1-3H3,(H,18,20). The number of benzene rings is 2. The van der Waals surface area contributed by atoms with Crippen molar-refractivity contribution in [2.75, 3.05) is 10.0 Å². The molecule has 0 saturated heterocycles. The molecule has 0 aliphatic carbocycles.